The van der Waals surface area contributed by atoms with Gasteiger partial charge in [0.1, 0.15) is 5.82 Å². The van der Waals surface area contributed by atoms with Crippen molar-refractivity contribution in [1.82, 2.24) is 4.72 Å². The zero-order valence-electron chi connectivity index (χ0n) is 11.6. The van der Waals surface area contributed by atoms with Gasteiger partial charge < -0.3 is 5.73 Å². The molecule has 0 aliphatic heterocycles. The zero-order valence-corrected chi connectivity index (χ0v) is 13.3. The number of rotatable bonds is 5. The van der Waals surface area contributed by atoms with Crippen molar-refractivity contribution >= 4 is 28.1 Å². The van der Waals surface area contributed by atoms with E-state index in [4.69, 9.17) is 5.73 Å². The van der Waals surface area contributed by atoms with Crippen LogP contribution in [0.2, 0.25) is 0 Å². The Balaban J connectivity index is 0.00000242. The van der Waals surface area contributed by atoms with Crippen LogP contribution < -0.4 is 10.5 Å². The normalized spacial score (nSPS) is 17.0. The highest BCUT2D eigenvalue weighted by Gasteiger charge is 2.40. The van der Waals surface area contributed by atoms with E-state index in [1.165, 1.54) is 0 Å². The zero-order chi connectivity index (χ0) is 15.7. The standard InChI is InChI=1S/C12H16FN3O4S.ClH/c13-9-4-3-5-10(16(17)18)11(9)21(19,20)15-12(8-14)6-1-2-7-12;/h3-5,15H,1-2,6-8,14H2;1H. The van der Waals surface area contributed by atoms with Gasteiger partial charge in [-0.05, 0) is 18.9 Å². The maximum atomic E-state index is 13.9. The van der Waals surface area contributed by atoms with Crippen molar-refractivity contribution in [3.05, 3.63) is 34.1 Å². The molecular formula is C12H17ClFN3O4S. The Labute approximate surface area is 133 Å². The highest BCUT2D eigenvalue weighted by atomic mass is 35.5. The minimum absolute atomic E-state index is 0. The Bertz CT molecular complexity index is 662. The van der Waals surface area contributed by atoms with E-state index in [1.807, 2.05) is 0 Å². The number of nitrogens with one attached hydrogen (secondary N) is 1. The molecular weight excluding hydrogens is 337 g/mol. The molecule has 0 aromatic heterocycles. The summed E-state index contributed by atoms with van der Waals surface area (Å²) in [6.07, 6.45) is 2.67. The fourth-order valence-electron chi connectivity index (χ4n) is 2.64. The van der Waals surface area contributed by atoms with Crippen LogP contribution in [-0.4, -0.2) is 25.4 Å². The molecule has 2 rings (SSSR count). The first-order chi connectivity index (χ1) is 9.81. The fraction of sp³-hybridized carbons (Fsp3) is 0.500. The number of nitrogens with two attached hydrogens (primary N) is 1. The second-order valence-electron chi connectivity index (χ2n) is 5.14. The molecule has 22 heavy (non-hydrogen) atoms. The molecule has 1 aromatic rings. The van der Waals surface area contributed by atoms with Crippen LogP contribution in [0.25, 0.3) is 0 Å². The van der Waals surface area contributed by atoms with Crippen molar-refractivity contribution in [2.45, 2.75) is 36.1 Å². The monoisotopic (exact) mass is 353 g/mol. The molecule has 0 heterocycles. The Morgan fingerprint density at radius 2 is 1.95 bits per heavy atom. The van der Waals surface area contributed by atoms with E-state index in [0.29, 0.717) is 12.8 Å². The van der Waals surface area contributed by atoms with Gasteiger partial charge in [-0.15, -0.1) is 12.4 Å². The van der Waals surface area contributed by atoms with Crippen LogP contribution >= 0.6 is 12.4 Å². The summed E-state index contributed by atoms with van der Waals surface area (Å²) >= 11 is 0. The van der Waals surface area contributed by atoms with E-state index in [-0.39, 0.29) is 19.0 Å². The second kappa shape index (κ2) is 6.86. The summed E-state index contributed by atoms with van der Waals surface area (Å²) in [5.74, 6) is -1.15. The average molecular weight is 354 g/mol. The lowest BCUT2D eigenvalue weighted by Gasteiger charge is -2.28. The number of benzene rings is 1. The third kappa shape index (κ3) is 3.54. The van der Waals surface area contributed by atoms with E-state index in [2.05, 4.69) is 4.72 Å². The van der Waals surface area contributed by atoms with Crippen molar-refractivity contribution in [2.75, 3.05) is 6.54 Å². The highest BCUT2D eigenvalue weighted by molar-refractivity contribution is 7.89. The van der Waals surface area contributed by atoms with Crippen molar-refractivity contribution < 1.29 is 17.7 Å². The molecule has 0 spiro atoms. The van der Waals surface area contributed by atoms with Gasteiger partial charge in [0.25, 0.3) is 15.7 Å². The molecule has 0 unspecified atom stereocenters. The Morgan fingerprint density at radius 3 is 2.45 bits per heavy atom. The van der Waals surface area contributed by atoms with Crippen molar-refractivity contribution in [3.63, 3.8) is 0 Å². The average Bonchev–Trinajstić information content (AvgIpc) is 2.86. The molecule has 0 bridgehead atoms. The molecule has 124 valence electrons. The van der Waals surface area contributed by atoms with E-state index in [0.717, 1.165) is 31.0 Å². The molecule has 0 radical (unpaired) electrons. The third-order valence-corrected chi connectivity index (χ3v) is 5.36. The van der Waals surface area contributed by atoms with E-state index in [1.54, 1.807) is 0 Å². The van der Waals surface area contributed by atoms with Gasteiger partial charge in [0.05, 0.1) is 4.92 Å². The van der Waals surface area contributed by atoms with Gasteiger partial charge >= 0.3 is 0 Å². The number of nitro benzene ring substituents is 1. The lowest BCUT2D eigenvalue weighted by atomic mass is 10.0. The molecule has 1 aliphatic rings. The maximum Gasteiger partial charge on any atom is 0.292 e. The summed E-state index contributed by atoms with van der Waals surface area (Å²) in [6, 6.07) is 2.94. The van der Waals surface area contributed by atoms with Crippen LogP contribution in [0.3, 0.4) is 0 Å². The van der Waals surface area contributed by atoms with Gasteiger partial charge in [0.2, 0.25) is 0 Å². The Hall–Kier alpha value is -1.29. The van der Waals surface area contributed by atoms with Crippen LogP contribution in [0.4, 0.5) is 10.1 Å². The second-order valence-corrected chi connectivity index (χ2v) is 6.76. The minimum Gasteiger partial charge on any atom is -0.329 e. The Kier molecular flexibility index (Phi) is 5.85. The predicted molar refractivity (Wildman–Crippen MR) is 80.9 cm³/mol. The van der Waals surface area contributed by atoms with Crippen LogP contribution in [0.1, 0.15) is 25.7 Å². The minimum atomic E-state index is -4.37. The SMILES string of the molecule is Cl.NCC1(NS(=O)(=O)c2c(F)cccc2[N+](=O)[O-])CCCC1. The van der Waals surface area contributed by atoms with Gasteiger partial charge in [-0.25, -0.2) is 17.5 Å². The van der Waals surface area contributed by atoms with Crippen LogP contribution in [0, 0.1) is 15.9 Å². The summed E-state index contributed by atoms with van der Waals surface area (Å²) in [5, 5.41) is 10.9. The van der Waals surface area contributed by atoms with Gasteiger partial charge in [-0.1, -0.05) is 18.9 Å². The number of nitrogens with zero attached hydrogens (tertiary/aromatic N) is 1. The molecule has 10 heteroatoms. The van der Waals surface area contributed by atoms with Crippen molar-refractivity contribution in [1.29, 1.82) is 0 Å². The van der Waals surface area contributed by atoms with Crippen LogP contribution in [0.15, 0.2) is 23.1 Å². The molecule has 0 saturated heterocycles. The maximum absolute atomic E-state index is 13.9. The largest absolute Gasteiger partial charge is 0.329 e. The lowest BCUT2D eigenvalue weighted by molar-refractivity contribution is -0.388. The molecule has 7 nitrogen and oxygen atoms in total. The summed E-state index contributed by atoms with van der Waals surface area (Å²) < 4.78 is 41.0. The predicted octanol–water partition coefficient (Wildman–Crippen LogP) is 1.71. The Morgan fingerprint density at radius 1 is 1.36 bits per heavy atom. The molecule has 1 aromatic carbocycles. The van der Waals surface area contributed by atoms with Gasteiger partial charge in [0, 0.05) is 18.2 Å². The van der Waals surface area contributed by atoms with E-state index >= 15 is 0 Å². The van der Waals surface area contributed by atoms with Crippen molar-refractivity contribution in [2.24, 2.45) is 5.73 Å². The number of hydrogen-bond acceptors (Lipinski definition) is 5. The highest BCUT2D eigenvalue weighted by Crippen LogP contribution is 2.33. The summed E-state index contributed by atoms with van der Waals surface area (Å²) in [4.78, 5) is 9.08. The van der Waals surface area contributed by atoms with Crippen LogP contribution in [-0.2, 0) is 10.0 Å². The number of nitro groups is 1. The molecule has 0 atom stereocenters. The first-order valence-electron chi connectivity index (χ1n) is 6.48. The number of hydrogen-bond donors (Lipinski definition) is 2. The molecule has 0 amide bonds. The van der Waals surface area contributed by atoms with Gasteiger partial charge in [0.15, 0.2) is 4.90 Å². The summed E-state index contributed by atoms with van der Waals surface area (Å²) in [6.45, 7) is 0.0640. The smallest absolute Gasteiger partial charge is 0.292 e. The van der Waals surface area contributed by atoms with Crippen molar-refractivity contribution in [3.8, 4) is 0 Å². The number of sulfonamides is 1. The summed E-state index contributed by atoms with van der Waals surface area (Å²) in [7, 11) is -4.37. The summed E-state index contributed by atoms with van der Waals surface area (Å²) in [5.41, 5.74) is 4.00. The quantitative estimate of drug-likeness (QED) is 0.617. The first-order valence-corrected chi connectivity index (χ1v) is 7.97. The van der Waals surface area contributed by atoms with E-state index < -0.39 is 36.9 Å². The molecule has 3 N–H and O–H groups in total. The van der Waals surface area contributed by atoms with Gasteiger partial charge in [-0.3, -0.25) is 10.1 Å². The third-order valence-electron chi connectivity index (χ3n) is 3.71. The van der Waals surface area contributed by atoms with Gasteiger partial charge in [-0.2, -0.15) is 0 Å². The lowest BCUT2D eigenvalue weighted by Crippen LogP contribution is -2.51. The topological polar surface area (TPSA) is 115 Å². The molecule has 1 fully saturated rings. The van der Waals surface area contributed by atoms with E-state index in [9.17, 15) is 22.9 Å². The molecule has 1 aliphatic carbocycles. The number of halogens is 2. The molecule has 1 saturated carbocycles. The van der Waals surface area contributed by atoms with Crippen LogP contribution in [0.5, 0.6) is 0 Å². The first kappa shape index (κ1) is 18.8. The fourth-order valence-corrected chi connectivity index (χ4v) is 4.35.